The number of nitrogens with zero attached hydrogens (tertiary/aromatic N) is 1. The van der Waals surface area contributed by atoms with Crippen LogP contribution < -0.4 is 9.47 Å². The van der Waals surface area contributed by atoms with Crippen molar-refractivity contribution >= 4 is 6.16 Å². The van der Waals surface area contributed by atoms with E-state index in [0.29, 0.717) is 35.6 Å². The van der Waals surface area contributed by atoms with Gasteiger partial charge in [0.1, 0.15) is 36.8 Å². The predicted molar refractivity (Wildman–Crippen MR) is 121 cm³/mol. The molecule has 2 aliphatic carbocycles. The molecule has 0 aromatic heterocycles. The fraction of sp³-hybridized carbons (Fsp3) is 0.640. The van der Waals surface area contributed by atoms with E-state index in [2.05, 4.69) is 18.0 Å². The number of benzene rings is 1. The first-order chi connectivity index (χ1) is 17.3. The van der Waals surface area contributed by atoms with E-state index in [0.717, 1.165) is 24.9 Å². The van der Waals surface area contributed by atoms with Gasteiger partial charge >= 0.3 is 6.16 Å². The van der Waals surface area contributed by atoms with Crippen LogP contribution in [0.25, 0.3) is 0 Å². The van der Waals surface area contributed by atoms with E-state index in [1.807, 2.05) is 12.1 Å². The van der Waals surface area contributed by atoms with Gasteiger partial charge < -0.3 is 49.0 Å². The monoisotopic (exact) mass is 505 g/mol. The maximum absolute atomic E-state index is 12.7. The number of likely N-dealkylation sites (tertiary alicyclic amines) is 1. The summed E-state index contributed by atoms with van der Waals surface area (Å²) in [6, 6.07) is 4.38. The number of hydrogen-bond donors (Lipinski definition) is 4. The Morgan fingerprint density at radius 2 is 2.00 bits per heavy atom. The minimum absolute atomic E-state index is 0.297. The van der Waals surface area contributed by atoms with Crippen LogP contribution in [0.3, 0.4) is 0 Å². The molecule has 2 bridgehead atoms. The number of methoxy groups -OCH3 is 1. The smallest absolute Gasteiger partial charge is 0.493 e. The molecule has 2 saturated heterocycles. The van der Waals surface area contributed by atoms with Gasteiger partial charge in [0.2, 0.25) is 0 Å². The van der Waals surface area contributed by atoms with Gasteiger partial charge in [0.15, 0.2) is 23.9 Å². The number of aliphatic hydroxyl groups excluding tert-OH is 4. The molecule has 196 valence electrons. The molecule has 5 aliphatic rings. The quantitative estimate of drug-likeness (QED) is 0.404. The zero-order valence-electron chi connectivity index (χ0n) is 20.1. The second kappa shape index (κ2) is 8.57. The van der Waals surface area contributed by atoms with Crippen molar-refractivity contribution in [3.05, 3.63) is 35.1 Å². The Morgan fingerprint density at radius 1 is 1.19 bits per heavy atom. The van der Waals surface area contributed by atoms with E-state index in [-0.39, 0.29) is 5.41 Å². The highest BCUT2D eigenvalue weighted by Gasteiger charge is 2.65. The zero-order chi connectivity index (χ0) is 25.4. The van der Waals surface area contributed by atoms with E-state index in [4.69, 9.17) is 23.7 Å². The lowest BCUT2D eigenvalue weighted by atomic mass is 9.53. The molecule has 1 spiro atoms. The summed E-state index contributed by atoms with van der Waals surface area (Å²) < 4.78 is 28.0. The van der Waals surface area contributed by atoms with Crippen LogP contribution in [0.4, 0.5) is 4.79 Å². The number of carbonyl (C=O) groups is 1. The van der Waals surface area contributed by atoms with Gasteiger partial charge in [0, 0.05) is 17.0 Å². The number of likely N-dealkylation sites (N-methyl/N-ethyl adjacent to an activating group) is 1. The van der Waals surface area contributed by atoms with Gasteiger partial charge in [-0.15, -0.1) is 0 Å². The molecule has 3 unspecified atom stereocenters. The zero-order valence-corrected chi connectivity index (χ0v) is 20.1. The Bertz CT molecular complexity index is 1090. The number of piperidine rings is 1. The first kappa shape index (κ1) is 24.0. The summed E-state index contributed by atoms with van der Waals surface area (Å²) in [4.78, 5) is 15.1. The molecule has 4 N–H and O–H groups in total. The summed E-state index contributed by atoms with van der Waals surface area (Å²) in [6.07, 6.45) is -4.98. The molecule has 3 aliphatic heterocycles. The van der Waals surface area contributed by atoms with Crippen molar-refractivity contribution in [3.63, 3.8) is 0 Å². The third-order valence-electron chi connectivity index (χ3n) is 8.68. The van der Waals surface area contributed by atoms with Crippen molar-refractivity contribution in [2.45, 2.75) is 67.5 Å². The maximum Gasteiger partial charge on any atom is 0.513 e. The van der Waals surface area contributed by atoms with Gasteiger partial charge in [-0.3, -0.25) is 0 Å². The Balaban J connectivity index is 1.23. The first-order valence-electron chi connectivity index (χ1n) is 12.3. The minimum Gasteiger partial charge on any atom is -0.493 e. The topological polar surface area (TPSA) is 147 Å². The second-order valence-corrected chi connectivity index (χ2v) is 10.3. The molecule has 11 nitrogen and oxygen atoms in total. The molecule has 3 heterocycles. The van der Waals surface area contributed by atoms with E-state index in [9.17, 15) is 25.2 Å². The SMILES string of the molecule is COc1ccc2c3c1OC1C(OC(=O)OC[C@H]4O[C@H](O)[C@H](O)C(O)[C@H]4O)=CCC4[C@@H](C2)N(C)CC[C@]314. The Morgan fingerprint density at radius 3 is 2.78 bits per heavy atom. The third-order valence-corrected chi connectivity index (χ3v) is 8.68. The van der Waals surface area contributed by atoms with Crippen LogP contribution in [0.15, 0.2) is 24.0 Å². The van der Waals surface area contributed by atoms with Gasteiger partial charge in [-0.1, -0.05) is 6.07 Å². The molecular weight excluding hydrogens is 474 g/mol. The van der Waals surface area contributed by atoms with E-state index in [1.165, 1.54) is 5.56 Å². The Hall–Kier alpha value is -2.41. The highest BCUT2D eigenvalue weighted by atomic mass is 16.7. The number of rotatable bonds is 4. The van der Waals surface area contributed by atoms with E-state index < -0.39 is 49.6 Å². The lowest BCUT2D eigenvalue weighted by Crippen LogP contribution is -2.63. The highest BCUT2D eigenvalue weighted by molar-refractivity contribution is 5.65. The van der Waals surface area contributed by atoms with Gasteiger partial charge in [-0.25, -0.2) is 4.79 Å². The van der Waals surface area contributed by atoms with Crippen molar-refractivity contribution in [3.8, 4) is 11.5 Å². The molecular formula is C25H31NO10. The Labute approximate surface area is 207 Å². The average Bonchev–Trinajstić information content (AvgIpc) is 3.22. The first-order valence-corrected chi connectivity index (χ1v) is 12.3. The molecule has 11 heteroatoms. The van der Waals surface area contributed by atoms with Gasteiger partial charge in [0.25, 0.3) is 0 Å². The summed E-state index contributed by atoms with van der Waals surface area (Å²) in [5, 5.41) is 39.2. The second-order valence-electron chi connectivity index (χ2n) is 10.3. The van der Waals surface area contributed by atoms with E-state index >= 15 is 0 Å². The predicted octanol–water partition coefficient (Wildman–Crippen LogP) is -0.189. The number of allylic oxidation sites excluding steroid dienone is 1. The van der Waals surface area contributed by atoms with Gasteiger partial charge in [-0.05, 0) is 56.5 Å². The van der Waals surface area contributed by atoms with Crippen molar-refractivity contribution < 1.29 is 48.9 Å². The van der Waals surface area contributed by atoms with Crippen LogP contribution in [0.1, 0.15) is 24.0 Å². The van der Waals surface area contributed by atoms with Crippen LogP contribution >= 0.6 is 0 Å². The van der Waals surface area contributed by atoms with Crippen molar-refractivity contribution in [2.75, 3.05) is 27.3 Å². The van der Waals surface area contributed by atoms with Crippen molar-refractivity contribution in [2.24, 2.45) is 5.92 Å². The van der Waals surface area contributed by atoms with Crippen molar-refractivity contribution in [1.29, 1.82) is 0 Å². The Kier molecular flexibility index (Phi) is 5.71. The molecule has 9 atom stereocenters. The standard InChI is InChI=1S/C25H31NO10/c1-26-8-7-25-12-4-6-15(35-24(31)33-10-16-18(27)19(28)20(29)23(30)34-16)22(25)36-21-14(32-2)5-3-11(17(21)25)9-13(12)26/h3,5-6,12-13,16,18-20,22-23,27-30H,4,7-10H2,1-2H3/t12?,13-,16-,18+,19?,20-,22?,23+,25+/m1/s1. The molecule has 0 saturated carbocycles. The van der Waals surface area contributed by atoms with Gasteiger partial charge in [-0.2, -0.15) is 0 Å². The lowest BCUT2D eigenvalue weighted by Gasteiger charge is -2.56. The largest absolute Gasteiger partial charge is 0.513 e. The molecule has 1 aromatic carbocycles. The fourth-order valence-corrected chi connectivity index (χ4v) is 6.91. The van der Waals surface area contributed by atoms with Crippen LogP contribution in [-0.2, 0) is 26.0 Å². The summed E-state index contributed by atoms with van der Waals surface area (Å²) in [6.45, 7) is 0.404. The molecule has 2 fully saturated rings. The molecule has 1 aromatic rings. The molecule has 0 amide bonds. The number of hydrogen-bond acceptors (Lipinski definition) is 11. The summed E-state index contributed by atoms with van der Waals surface area (Å²) >= 11 is 0. The molecule has 6 rings (SSSR count). The lowest BCUT2D eigenvalue weighted by molar-refractivity contribution is -0.286. The maximum atomic E-state index is 12.7. The highest BCUT2D eigenvalue weighted by Crippen LogP contribution is 2.63. The van der Waals surface area contributed by atoms with Crippen molar-refractivity contribution in [1.82, 2.24) is 4.90 Å². The summed E-state index contributed by atoms with van der Waals surface area (Å²) in [7, 11) is 3.76. The summed E-state index contributed by atoms with van der Waals surface area (Å²) in [5.74, 6) is 2.02. The number of aliphatic hydroxyl groups is 4. The van der Waals surface area contributed by atoms with Crippen LogP contribution in [-0.4, -0.2) is 102 Å². The molecule has 36 heavy (non-hydrogen) atoms. The minimum atomic E-state index is -1.72. The van der Waals surface area contributed by atoms with Crippen LogP contribution in [0.2, 0.25) is 0 Å². The summed E-state index contributed by atoms with van der Waals surface area (Å²) in [5.41, 5.74) is 2.04. The number of carbonyl (C=O) groups excluding carboxylic acids is 1. The normalized spacial score (nSPS) is 40.6. The molecule has 0 radical (unpaired) electrons. The van der Waals surface area contributed by atoms with Gasteiger partial charge in [0.05, 0.1) is 7.11 Å². The third kappa shape index (κ3) is 3.30. The number of ether oxygens (including phenoxy) is 5. The fourth-order valence-electron chi connectivity index (χ4n) is 6.91. The average molecular weight is 506 g/mol. The van der Waals surface area contributed by atoms with Crippen LogP contribution in [0, 0.1) is 5.92 Å². The van der Waals surface area contributed by atoms with Crippen LogP contribution in [0.5, 0.6) is 11.5 Å². The van der Waals surface area contributed by atoms with E-state index in [1.54, 1.807) is 7.11 Å².